The highest BCUT2D eigenvalue weighted by Gasteiger charge is 2.35. The molecule has 0 aliphatic heterocycles. The summed E-state index contributed by atoms with van der Waals surface area (Å²) in [6, 6.07) is -1.30. The lowest BCUT2D eigenvalue weighted by molar-refractivity contribution is -0.142. The minimum Gasteiger partial charge on any atom is -0.480 e. The fourth-order valence-electron chi connectivity index (χ4n) is 0.743. The Balaban J connectivity index is 0.000001000. The van der Waals surface area contributed by atoms with Crippen molar-refractivity contribution in [3.8, 4) is 0 Å². The maximum absolute atomic E-state index is 10.8. The van der Waals surface area contributed by atoms with Crippen molar-refractivity contribution in [3.63, 3.8) is 0 Å². The molecule has 0 amide bonds. The third-order valence-electron chi connectivity index (χ3n) is 1.55. The first kappa shape index (κ1) is 10.4. The molecule has 5 heteroatoms. The van der Waals surface area contributed by atoms with Gasteiger partial charge in [-0.05, 0) is 12.8 Å². The van der Waals surface area contributed by atoms with Gasteiger partial charge >= 0.3 is 5.97 Å². The van der Waals surface area contributed by atoms with Gasteiger partial charge in [0.25, 0.3) is 0 Å². The lowest BCUT2D eigenvalue weighted by Crippen LogP contribution is -2.39. The monoisotopic (exact) mass is 179 g/mol. The molecule has 1 aliphatic rings. The molecular weight excluding hydrogens is 170 g/mol. The van der Waals surface area contributed by atoms with Crippen molar-refractivity contribution in [2.24, 2.45) is 11.7 Å². The summed E-state index contributed by atoms with van der Waals surface area (Å²) in [7, 11) is 0. The Kier molecular flexibility index (Phi) is 3.48. The van der Waals surface area contributed by atoms with Gasteiger partial charge in [0.05, 0.1) is 0 Å². The molecule has 0 heterocycles. The van der Waals surface area contributed by atoms with E-state index in [1.165, 1.54) is 0 Å². The Labute approximate surface area is 70.2 Å². The average molecular weight is 180 g/mol. The van der Waals surface area contributed by atoms with Gasteiger partial charge in [0.2, 0.25) is 0 Å². The molecule has 4 nitrogen and oxygen atoms in total. The molecule has 0 aromatic heterocycles. The van der Waals surface area contributed by atoms with Crippen molar-refractivity contribution in [2.75, 3.05) is 0 Å². The predicted octanol–water partition coefficient (Wildman–Crippen LogP) is -0.201. The second kappa shape index (κ2) is 3.69. The lowest BCUT2D eigenvalue weighted by Gasteiger charge is -2.01. The van der Waals surface area contributed by atoms with Crippen LogP contribution in [0.2, 0.25) is 0 Å². The maximum atomic E-state index is 10.8. The molecule has 1 saturated carbocycles. The predicted molar refractivity (Wildman–Crippen MR) is 40.6 cm³/mol. The van der Waals surface area contributed by atoms with Gasteiger partial charge in [0.1, 0.15) is 0 Å². The van der Waals surface area contributed by atoms with E-state index in [0.717, 1.165) is 12.8 Å². The molecule has 64 valence electrons. The van der Waals surface area contributed by atoms with Crippen LogP contribution in [0.3, 0.4) is 0 Å². The summed E-state index contributed by atoms with van der Waals surface area (Å²) in [4.78, 5) is 21.0. The van der Waals surface area contributed by atoms with Crippen LogP contribution >= 0.6 is 12.4 Å². The molecule has 1 aliphatic carbocycles. The van der Waals surface area contributed by atoms with Crippen LogP contribution in [0.1, 0.15) is 12.8 Å². The van der Waals surface area contributed by atoms with Crippen molar-refractivity contribution < 1.29 is 14.7 Å². The van der Waals surface area contributed by atoms with E-state index in [0.29, 0.717) is 0 Å². The molecule has 0 aromatic carbocycles. The standard InChI is InChI=1S/C6H9NO3.ClH/c7-4(6(9)10)5(8)3-1-2-3;/h3-4H,1-2,7H2,(H,9,10);1H. The molecule has 0 aromatic rings. The summed E-state index contributed by atoms with van der Waals surface area (Å²) in [6.45, 7) is 0. The zero-order valence-corrected chi connectivity index (χ0v) is 6.63. The van der Waals surface area contributed by atoms with Gasteiger partial charge < -0.3 is 10.8 Å². The van der Waals surface area contributed by atoms with E-state index in [1.54, 1.807) is 0 Å². The van der Waals surface area contributed by atoms with Crippen LogP contribution < -0.4 is 5.73 Å². The van der Waals surface area contributed by atoms with Crippen LogP contribution in [0.15, 0.2) is 0 Å². The van der Waals surface area contributed by atoms with Crippen LogP contribution in [0.5, 0.6) is 0 Å². The van der Waals surface area contributed by atoms with Crippen molar-refractivity contribution in [1.29, 1.82) is 0 Å². The third kappa shape index (κ3) is 2.48. The van der Waals surface area contributed by atoms with Crippen molar-refractivity contribution in [3.05, 3.63) is 0 Å². The Bertz CT molecular complexity index is 179. The minimum absolute atomic E-state index is 0. The van der Waals surface area contributed by atoms with Gasteiger partial charge in [-0.15, -0.1) is 12.4 Å². The highest BCUT2D eigenvalue weighted by molar-refractivity contribution is 6.04. The number of Topliss-reactive ketones (excluding diaryl/α,β-unsaturated/α-hetero) is 1. The fourth-order valence-corrected chi connectivity index (χ4v) is 0.743. The Morgan fingerprint density at radius 2 is 1.91 bits per heavy atom. The lowest BCUT2D eigenvalue weighted by atomic mass is 10.1. The van der Waals surface area contributed by atoms with E-state index in [2.05, 4.69) is 0 Å². The van der Waals surface area contributed by atoms with E-state index in [1.807, 2.05) is 0 Å². The molecule has 0 bridgehead atoms. The van der Waals surface area contributed by atoms with Crippen molar-refractivity contribution >= 4 is 24.2 Å². The van der Waals surface area contributed by atoms with E-state index < -0.39 is 12.0 Å². The maximum Gasteiger partial charge on any atom is 0.328 e. The number of carbonyl (C=O) groups is 2. The minimum atomic E-state index is -1.30. The number of nitrogens with two attached hydrogens (primary N) is 1. The molecule has 1 atom stereocenters. The number of carboxylic acid groups (broad SMARTS) is 1. The van der Waals surface area contributed by atoms with E-state index in [4.69, 9.17) is 10.8 Å². The highest BCUT2D eigenvalue weighted by Crippen LogP contribution is 2.30. The van der Waals surface area contributed by atoms with E-state index in [-0.39, 0.29) is 24.1 Å². The van der Waals surface area contributed by atoms with Gasteiger partial charge in [-0.2, -0.15) is 0 Å². The normalized spacial score (nSPS) is 18.3. The summed E-state index contributed by atoms with van der Waals surface area (Å²) in [5.41, 5.74) is 5.05. The smallest absolute Gasteiger partial charge is 0.328 e. The zero-order valence-electron chi connectivity index (χ0n) is 5.82. The Hall–Kier alpha value is -0.610. The summed E-state index contributed by atoms with van der Waals surface area (Å²) in [5.74, 6) is -1.62. The molecule has 1 unspecified atom stereocenters. The van der Waals surface area contributed by atoms with Gasteiger partial charge in [-0.1, -0.05) is 0 Å². The molecule has 0 saturated heterocycles. The summed E-state index contributed by atoms with van der Waals surface area (Å²) in [5, 5.41) is 8.28. The molecule has 11 heavy (non-hydrogen) atoms. The third-order valence-corrected chi connectivity index (χ3v) is 1.55. The largest absolute Gasteiger partial charge is 0.480 e. The SMILES string of the molecule is Cl.NC(C(=O)O)C(=O)C1CC1. The second-order valence-corrected chi connectivity index (χ2v) is 2.49. The first-order chi connectivity index (χ1) is 4.63. The van der Waals surface area contributed by atoms with Gasteiger partial charge in [-0.25, -0.2) is 0 Å². The van der Waals surface area contributed by atoms with E-state index >= 15 is 0 Å². The van der Waals surface area contributed by atoms with Gasteiger partial charge in [0, 0.05) is 5.92 Å². The van der Waals surface area contributed by atoms with Crippen LogP contribution in [-0.4, -0.2) is 22.9 Å². The number of carboxylic acids is 1. The first-order valence-corrected chi connectivity index (χ1v) is 3.15. The quantitative estimate of drug-likeness (QED) is 0.588. The highest BCUT2D eigenvalue weighted by atomic mass is 35.5. The summed E-state index contributed by atoms with van der Waals surface area (Å²) >= 11 is 0. The van der Waals surface area contributed by atoms with E-state index in [9.17, 15) is 9.59 Å². The number of aliphatic carboxylic acids is 1. The topological polar surface area (TPSA) is 80.4 Å². The van der Waals surface area contributed by atoms with Crippen LogP contribution in [0.25, 0.3) is 0 Å². The molecule has 0 spiro atoms. The number of ketones is 1. The van der Waals surface area contributed by atoms with Crippen molar-refractivity contribution in [2.45, 2.75) is 18.9 Å². The first-order valence-electron chi connectivity index (χ1n) is 3.15. The van der Waals surface area contributed by atoms with Crippen molar-refractivity contribution in [1.82, 2.24) is 0 Å². The number of hydrogen-bond acceptors (Lipinski definition) is 3. The summed E-state index contributed by atoms with van der Waals surface area (Å²) < 4.78 is 0. The Morgan fingerprint density at radius 3 is 2.18 bits per heavy atom. The molecule has 0 radical (unpaired) electrons. The number of halogens is 1. The number of rotatable bonds is 3. The van der Waals surface area contributed by atoms with Crippen LogP contribution in [0.4, 0.5) is 0 Å². The number of hydrogen-bond donors (Lipinski definition) is 2. The molecule has 1 fully saturated rings. The Morgan fingerprint density at radius 1 is 1.45 bits per heavy atom. The second-order valence-electron chi connectivity index (χ2n) is 2.49. The fraction of sp³-hybridized carbons (Fsp3) is 0.667. The van der Waals surface area contributed by atoms with Gasteiger partial charge in [0.15, 0.2) is 11.8 Å². The average Bonchev–Trinajstić information content (AvgIpc) is 2.65. The summed E-state index contributed by atoms with van der Waals surface area (Å²) in [6.07, 6.45) is 1.61. The molecular formula is C6H10ClNO3. The molecule has 1 rings (SSSR count). The van der Waals surface area contributed by atoms with Crippen LogP contribution in [0, 0.1) is 5.92 Å². The zero-order chi connectivity index (χ0) is 7.72. The van der Waals surface area contributed by atoms with Crippen LogP contribution in [-0.2, 0) is 9.59 Å². The van der Waals surface area contributed by atoms with Gasteiger partial charge in [-0.3, -0.25) is 9.59 Å². The molecule has 3 N–H and O–H groups in total. The number of carbonyl (C=O) groups excluding carboxylic acids is 1.